The molecule has 0 radical (unpaired) electrons. The molecule has 0 atom stereocenters. The van der Waals surface area contributed by atoms with Crippen molar-refractivity contribution < 1.29 is 9.53 Å². The van der Waals surface area contributed by atoms with Crippen molar-refractivity contribution in [3.05, 3.63) is 33.8 Å². The third kappa shape index (κ3) is 5.73. The number of carbonyl (C=O) groups is 1. The highest BCUT2D eigenvalue weighted by Crippen LogP contribution is 2.18. The first kappa shape index (κ1) is 14.8. The van der Waals surface area contributed by atoms with Crippen molar-refractivity contribution in [1.29, 1.82) is 0 Å². The van der Waals surface area contributed by atoms with Gasteiger partial charge < -0.3 is 10.1 Å². The lowest BCUT2D eigenvalue weighted by molar-refractivity contribution is 0.0924. The van der Waals surface area contributed by atoms with Crippen molar-refractivity contribution in [2.45, 2.75) is 0 Å². The molecule has 0 saturated carbocycles. The van der Waals surface area contributed by atoms with Crippen LogP contribution in [-0.4, -0.2) is 31.0 Å². The quantitative estimate of drug-likeness (QED) is 0.638. The highest BCUT2D eigenvalue weighted by molar-refractivity contribution is 9.09. The highest BCUT2D eigenvalue weighted by Gasteiger charge is 2.06. The fourth-order valence-corrected chi connectivity index (χ4v) is 1.94. The Bertz CT molecular complexity index is 367. The van der Waals surface area contributed by atoms with E-state index in [1.165, 1.54) is 0 Å². The second kappa shape index (κ2) is 7.93. The molecule has 1 rings (SSSR count). The molecular formula is C11H12BrCl2NO2. The van der Waals surface area contributed by atoms with Crippen LogP contribution in [0.2, 0.25) is 10.0 Å². The van der Waals surface area contributed by atoms with Gasteiger partial charge in [-0.2, -0.15) is 0 Å². The predicted molar refractivity (Wildman–Crippen MR) is 73.4 cm³/mol. The summed E-state index contributed by atoms with van der Waals surface area (Å²) in [7, 11) is 0. The predicted octanol–water partition coefficient (Wildman–Crippen LogP) is 3.13. The van der Waals surface area contributed by atoms with Gasteiger partial charge >= 0.3 is 0 Å². The Hall–Kier alpha value is -0.290. The lowest BCUT2D eigenvalue weighted by Crippen LogP contribution is -2.27. The number of nitrogens with one attached hydrogen (secondary N) is 1. The number of hydrogen-bond donors (Lipinski definition) is 1. The molecule has 0 spiro atoms. The number of halogens is 3. The Labute approximate surface area is 119 Å². The first-order chi connectivity index (χ1) is 8.13. The monoisotopic (exact) mass is 339 g/mol. The zero-order valence-electron chi connectivity index (χ0n) is 9.01. The Balaban J connectivity index is 2.41. The standard InChI is InChI=1S/C11H12BrCl2NO2/c12-1-3-17-4-2-15-11(16)8-5-9(13)7-10(14)6-8/h5-7H,1-4H2,(H,15,16). The summed E-state index contributed by atoms with van der Waals surface area (Å²) in [5.41, 5.74) is 0.447. The van der Waals surface area contributed by atoms with Gasteiger partial charge in [-0.05, 0) is 18.2 Å². The maximum Gasteiger partial charge on any atom is 0.251 e. The molecular weight excluding hydrogens is 329 g/mol. The number of hydrogen-bond acceptors (Lipinski definition) is 2. The summed E-state index contributed by atoms with van der Waals surface area (Å²) in [4.78, 5) is 11.7. The van der Waals surface area contributed by atoms with Crippen LogP contribution in [0.15, 0.2) is 18.2 Å². The van der Waals surface area contributed by atoms with Crippen LogP contribution in [0.3, 0.4) is 0 Å². The van der Waals surface area contributed by atoms with Crippen LogP contribution in [0.25, 0.3) is 0 Å². The maximum absolute atomic E-state index is 11.7. The number of rotatable bonds is 6. The van der Waals surface area contributed by atoms with E-state index in [1.54, 1.807) is 18.2 Å². The Morgan fingerprint density at radius 2 is 1.88 bits per heavy atom. The maximum atomic E-state index is 11.7. The van der Waals surface area contributed by atoms with Crippen LogP contribution in [0, 0.1) is 0 Å². The molecule has 1 aromatic carbocycles. The summed E-state index contributed by atoms with van der Waals surface area (Å²) in [6.45, 7) is 1.56. The SMILES string of the molecule is O=C(NCCOCCBr)c1cc(Cl)cc(Cl)c1. The third-order valence-electron chi connectivity index (χ3n) is 1.88. The first-order valence-corrected chi connectivity index (χ1v) is 6.89. The molecule has 6 heteroatoms. The van der Waals surface area contributed by atoms with Crippen molar-refractivity contribution in [2.24, 2.45) is 0 Å². The van der Waals surface area contributed by atoms with Crippen LogP contribution in [0.4, 0.5) is 0 Å². The first-order valence-electron chi connectivity index (χ1n) is 5.01. The topological polar surface area (TPSA) is 38.3 Å². The number of amides is 1. The van der Waals surface area contributed by atoms with Crippen molar-refractivity contribution >= 4 is 45.0 Å². The van der Waals surface area contributed by atoms with Gasteiger partial charge in [0.25, 0.3) is 5.91 Å². The van der Waals surface area contributed by atoms with E-state index >= 15 is 0 Å². The minimum Gasteiger partial charge on any atom is -0.379 e. The van der Waals surface area contributed by atoms with E-state index in [4.69, 9.17) is 27.9 Å². The Kier molecular flexibility index (Phi) is 6.89. The lowest BCUT2D eigenvalue weighted by Gasteiger charge is -2.06. The van der Waals surface area contributed by atoms with Gasteiger partial charge in [-0.1, -0.05) is 39.1 Å². The average molecular weight is 341 g/mol. The molecule has 0 bridgehead atoms. The number of alkyl halides is 1. The summed E-state index contributed by atoms with van der Waals surface area (Å²) in [6.07, 6.45) is 0. The van der Waals surface area contributed by atoms with Crippen molar-refractivity contribution in [2.75, 3.05) is 25.1 Å². The summed E-state index contributed by atoms with van der Waals surface area (Å²) >= 11 is 14.8. The molecule has 17 heavy (non-hydrogen) atoms. The lowest BCUT2D eigenvalue weighted by atomic mass is 10.2. The van der Waals surface area contributed by atoms with Gasteiger partial charge in [0.1, 0.15) is 0 Å². The van der Waals surface area contributed by atoms with Gasteiger partial charge in [0.15, 0.2) is 0 Å². The van der Waals surface area contributed by atoms with Crippen LogP contribution >= 0.6 is 39.1 Å². The van der Waals surface area contributed by atoms with Crippen LogP contribution in [0.5, 0.6) is 0 Å². The Morgan fingerprint density at radius 3 is 2.47 bits per heavy atom. The number of carbonyl (C=O) groups excluding carboxylic acids is 1. The Morgan fingerprint density at radius 1 is 1.24 bits per heavy atom. The summed E-state index contributed by atoms with van der Waals surface area (Å²) < 4.78 is 5.20. The molecule has 0 aromatic heterocycles. The molecule has 1 amide bonds. The van der Waals surface area contributed by atoms with E-state index < -0.39 is 0 Å². The van der Waals surface area contributed by atoms with Crippen molar-refractivity contribution in [3.8, 4) is 0 Å². The number of ether oxygens (including phenoxy) is 1. The summed E-state index contributed by atoms with van der Waals surface area (Å²) in [5.74, 6) is -0.211. The van der Waals surface area contributed by atoms with Crippen LogP contribution < -0.4 is 5.32 Å². The third-order valence-corrected chi connectivity index (χ3v) is 2.64. The summed E-state index contributed by atoms with van der Waals surface area (Å²) in [6, 6.07) is 4.73. The van der Waals surface area contributed by atoms with Crippen LogP contribution in [-0.2, 0) is 4.74 Å². The molecule has 0 aliphatic rings. The van der Waals surface area contributed by atoms with Gasteiger partial charge in [0.2, 0.25) is 0 Å². The van der Waals surface area contributed by atoms with Gasteiger partial charge in [-0.25, -0.2) is 0 Å². The molecule has 0 unspecified atom stereocenters. The smallest absolute Gasteiger partial charge is 0.251 e. The van der Waals surface area contributed by atoms with Crippen LogP contribution in [0.1, 0.15) is 10.4 Å². The van der Waals surface area contributed by atoms with Gasteiger partial charge in [0.05, 0.1) is 13.2 Å². The summed E-state index contributed by atoms with van der Waals surface area (Å²) in [5, 5.41) is 4.38. The average Bonchev–Trinajstić information content (AvgIpc) is 2.27. The molecule has 0 fully saturated rings. The number of benzene rings is 1. The molecule has 1 aromatic rings. The zero-order valence-corrected chi connectivity index (χ0v) is 12.1. The van der Waals surface area contributed by atoms with E-state index in [1.807, 2.05) is 0 Å². The zero-order chi connectivity index (χ0) is 12.7. The molecule has 1 N–H and O–H groups in total. The molecule has 0 aliphatic heterocycles. The van der Waals surface area contributed by atoms with E-state index in [9.17, 15) is 4.79 Å². The van der Waals surface area contributed by atoms with E-state index in [2.05, 4.69) is 21.2 Å². The normalized spacial score (nSPS) is 10.3. The van der Waals surface area contributed by atoms with Crippen molar-refractivity contribution in [3.63, 3.8) is 0 Å². The fraction of sp³-hybridized carbons (Fsp3) is 0.364. The van der Waals surface area contributed by atoms with Crippen molar-refractivity contribution in [1.82, 2.24) is 5.32 Å². The highest BCUT2D eigenvalue weighted by atomic mass is 79.9. The molecule has 3 nitrogen and oxygen atoms in total. The van der Waals surface area contributed by atoms with E-state index in [0.29, 0.717) is 35.4 Å². The van der Waals surface area contributed by atoms with Gasteiger partial charge in [-0.15, -0.1) is 0 Å². The minimum atomic E-state index is -0.211. The molecule has 94 valence electrons. The second-order valence-corrected chi connectivity index (χ2v) is 4.88. The molecule has 0 heterocycles. The minimum absolute atomic E-state index is 0.211. The largest absolute Gasteiger partial charge is 0.379 e. The molecule has 0 saturated heterocycles. The van der Waals surface area contributed by atoms with Gasteiger partial charge in [0, 0.05) is 27.5 Å². The fourth-order valence-electron chi connectivity index (χ4n) is 1.18. The van der Waals surface area contributed by atoms with Gasteiger partial charge in [-0.3, -0.25) is 4.79 Å². The van der Waals surface area contributed by atoms with E-state index in [-0.39, 0.29) is 5.91 Å². The second-order valence-electron chi connectivity index (χ2n) is 3.22. The van der Waals surface area contributed by atoms with E-state index in [0.717, 1.165) is 5.33 Å². The molecule has 0 aliphatic carbocycles.